The van der Waals surface area contributed by atoms with Crippen LogP contribution < -0.4 is 10.1 Å². The molecule has 0 aliphatic heterocycles. The van der Waals surface area contributed by atoms with Gasteiger partial charge in [0.25, 0.3) is 0 Å². The van der Waals surface area contributed by atoms with E-state index in [1.807, 2.05) is 44.4 Å². The zero-order chi connectivity index (χ0) is 14.4. The van der Waals surface area contributed by atoms with Crippen LogP contribution in [0.15, 0.2) is 36.5 Å². The van der Waals surface area contributed by atoms with E-state index < -0.39 is 0 Å². The first-order chi connectivity index (χ1) is 9.72. The Hall–Kier alpha value is -1.91. The van der Waals surface area contributed by atoms with Crippen LogP contribution in [0.3, 0.4) is 0 Å². The molecule has 1 aromatic carbocycles. The van der Waals surface area contributed by atoms with E-state index in [2.05, 4.69) is 16.4 Å². The third-order valence-electron chi connectivity index (χ3n) is 2.89. The van der Waals surface area contributed by atoms with E-state index in [4.69, 9.17) is 9.47 Å². The van der Waals surface area contributed by atoms with Crippen molar-refractivity contribution in [2.75, 3.05) is 14.2 Å². The number of ether oxygens (including phenoxy) is 2. The Morgan fingerprint density at radius 3 is 2.75 bits per heavy atom. The van der Waals surface area contributed by atoms with E-state index >= 15 is 0 Å². The minimum Gasteiger partial charge on any atom is -0.439 e. The van der Waals surface area contributed by atoms with Gasteiger partial charge in [0.2, 0.25) is 5.88 Å². The summed E-state index contributed by atoms with van der Waals surface area (Å²) in [6.07, 6.45) is 1.83. The number of nitrogens with one attached hydrogen (secondary N) is 1. The second kappa shape index (κ2) is 7.03. The number of benzene rings is 1. The molecule has 0 atom stereocenters. The highest BCUT2D eigenvalue weighted by atomic mass is 16.5. The average molecular weight is 272 g/mol. The van der Waals surface area contributed by atoms with Crippen LogP contribution in [-0.4, -0.2) is 19.1 Å². The van der Waals surface area contributed by atoms with Crippen LogP contribution in [0.25, 0.3) is 0 Å². The molecule has 0 saturated heterocycles. The van der Waals surface area contributed by atoms with E-state index in [-0.39, 0.29) is 0 Å². The quantitative estimate of drug-likeness (QED) is 0.877. The van der Waals surface area contributed by atoms with Crippen molar-refractivity contribution in [2.45, 2.75) is 20.1 Å². The highest BCUT2D eigenvalue weighted by molar-refractivity contribution is 5.35. The number of rotatable bonds is 6. The standard InChI is InChI=1S/C16H20N2O2/c1-12-7-14(9-17-2)10-18-16(12)20-15-6-4-5-13(8-15)11-19-3/h4-8,10,17H,9,11H2,1-3H3. The van der Waals surface area contributed by atoms with Gasteiger partial charge in [-0.05, 0) is 43.3 Å². The Balaban J connectivity index is 2.15. The molecule has 0 aliphatic carbocycles. The van der Waals surface area contributed by atoms with Crippen molar-refractivity contribution in [1.82, 2.24) is 10.3 Å². The first kappa shape index (κ1) is 14.5. The summed E-state index contributed by atoms with van der Waals surface area (Å²) in [6.45, 7) is 3.38. The first-order valence-electron chi connectivity index (χ1n) is 6.59. The summed E-state index contributed by atoms with van der Waals surface area (Å²) in [5, 5.41) is 3.11. The third kappa shape index (κ3) is 3.79. The lowest BCUT2D eigenvalue weighted by Crippen LogP contribution is -2.06. The molecule has 1 aromatic heterocycles. The summed E-state index contributed by atoms with van der Waals surface area (Å²) in [5.41, 5.74) is 3.25. The number of aryl methyl sites for hydroxylation is 1. The fourth-order valence-corrected chi connectivity index (χ4v) is 2.01. The monoisotopic (exact) mass is 272 g/mol. The van der Waals surface area contributed by atoms with Gasteiger partial charge < -0.3 is 14.8 Å². The largest absolute Gasteiger partial charge is 0.439 e. The van der Waals surface area contributed by atoms with Gasteiger partial charge in [0, 0.05) is 25.4 Å². The smallest absolute Gasteiger partial charge is 0.222 e. The molecule has 0 saturated carbocycles. The molecular formula is C16H20N2O2. The number of aromatic nitrogens is 1. The molecule has 0 unspecified atom stereocenters. The maximum atomic E-state index is 5.84. The van der Waals surface area contributed by atoms with Crippen LogP contribution in [0.2, 0.25) is 0 Å². The van der Waals surface area contributed by atoms with Crippen LogP contribution in [0.4, 0.5) is 0 Å². The molecule has 0 aliphatic rings. The van der Waals surface area contributed by atoms with Crippen molar-refractivity contribution < 1.29 is 9.47 Å². The van der Waals surface area contributed by atoms with Crippen molar-refractivity contribution in [3.8, 4) is 11.6 Å². The van der Waals surface area contributed by atoms with Gasteiger partial charge in [0.15, 0.2) is 0 Å². The summed E-state index contributed by atoms with van der Waals surface area (Å²) in [7, 11) is 3.60. The number of hydrogen-bond acceptors (Lipinski definition) is 4. The lowest BCUT2D eigenvalue weighted by atomic mass is 10.2. The second-order valence-electron chi connectivity index (χ2n) is 4.68. The second-order valence-corrected chi connectivity index (χ2v) is 4.68. The third-order valence-corrected chi connectivity index (χ3v) is 2.89. The Bertz CT molecular complexity index is 570. The fraction of sp³-hybridized carbons (Fsp3) is 0.312. The molecule has 2 rings (SSSR count). The number of nitrogens with zero attached hydrogens (tertiary/aromatic N) is 1. The molecule has 106 valence electrons. The van der Waals surface area contributed by atoms with Gasteiger partial charge in [0.05, 0.1) is 6.61 Å². The molecule has 1 N–H and O–H groups in total. The van der Waals surface area contributed by atoms with Crippen LogP contribution in [0.5, 0.6) is 11.6 Å². The van der Waals surface area contributed by atoms with E-state index in [9.17, 15) is 0 Å². The Morgan fingerprint density at radius 1 is 1.20 bits per heavy atom. The van der Waals surface area contributed by atoms with Gasteiger partial charge in [-0.2, -0.15) is 0 Å². The minimum atomic E-state index is 0.574. The Labute approximate surface area is 119 Å². The van der Waals surface area contributed by atoms with Crippen molar-refractivity contribution in [1.29, 1.82) is 0 Å². The molecule has 4 nitrogen and oxygen atoms in total. The average Bonchev–Trinajstić information content (AvgIpc) is 2.43. The summed E-state index contributed by atoms with van der Waals surface area (Å²) in [5.74, 6) is 1.41. The molecule has 1 heterocycles. The molecule has 0 radical (unpaired) electrons. The van der Waals surface area contributed by atoms with Crippen LogP contribution in [0, 0.1) is 6.92 Å². The predicted octanol–water partition coefficient (Wildman–Crippen LogP) is 3.05. The molecule has 0 amide bonds. The van der Waals surface area contributed by atoms with Gasteiger partial charge in [0.1, 0.15) is 5.75 Å². The summed E-state index contributed by atoms with van der Waals surface area (Å²) < 4.78 is 11.0. The van der Waals surface area contributed by atoms with Gasteiger partial charge >= 0.3 is 0 Å². The van der Waals surface area contributed by atoms with E-state index in [0.29, 0.717) is 12.5 Å². The predicted molar refractivity (Wildman–Crippen MR) is 79.0 cm³/mol. The van der Waals surface area contributed by atoms with E-state index in [1.165, 1.54) is 0 Å². The van der Waals surface area contributed by atoms with Crippen LogP contribution in [-0.2, 0) is 17.9 Å². The van der Waals surface area contributed by atoms with Gasteiger partial charge in [-0.25, -0.2) is 4.98 Å². The highest BCUT2D eigenvalue weighted by Crippen LogP contribution is 2.24. The lowest BCUT2D eigenvalue weighted by Gasteiger charge is -2.10. The molecule has 20 heavy (non-hydrogen) atoms. The molecule has 0 spiro atoms. The van der Waals surface area contributed by atoms with Gasteiger partial charge in [-0.1, -0.05) is 12.1 Å². The van der Waals surface area contributed by atoms with E-state index in [1.54, 1.807) is 7.11 Å². The number of hydrogen-bond donors (Lipinski definition) is 1. The highest BCUT2D eigenvalue weighted by Gasteiger charge is 2.05. The zero-order valence-corrected chi connectivity index (χ0v) is 12.1. The minimum absolute atomic E-state index is 0.574. The topological polar surface area (TPSA) is 43.4 Å². The molecule has 0 bridgehead atoms. The van der Waals surface area contributed by atoms with Crippen LogP contribution in [0.1, 0.15) is 16.7 Å². The van der Waals surface area contributed by atoms with E-state index in [0.717, 1.165) is 29.0 Å². The lowest BCUT2D eigenvalue weighted by molar-refractivity contribution is 0.184. The molecule has 2 aromatic rings. The Morgan fingerprint density at radius 2 is 2.05 bits per heavy atom. The molecule has 0 fully saturated rings. The van der Waals surface area contributed by atoms with Gasteiger partial charge in [-0.15, -0.1) is 0 Å². The summed E-state index contributed by atoms with van der Waals surface area (Å²) in [6, 6.07) is 9.92. The normalized spacial score (nSPS) is 10.6. The SMILES string of the molecule is CNCc1cnc(Oc2cccc(COC)c2)c(C)c1. The van der Waals surface area contributed by atoms with Crippen molar-refractivity contribution in [3.05, 3.63) is 53.2 Å². The molecular weight excluding hydrogens is 252 g/mol. The number of methoxy groups -OCH3 is 1. The van der Waals surface area contributed by atoms with Crippen molar-refractivity contribution in [3.63, 3.8) is 0 Å². The maximum Gasteiger partial charge on any atom is 0.222 e. The Kier molecular flexibility index (Phi) is 5.09. The summed E-state index contributed by atoms with van der Waals surface area (Å²) in [4.78, 5) is 4.37. The van der Waals surface area contributed by atoms with Gasteiger partial charge in [-0.3, -0.25) is 0 Å². The zero-order valence-electron chi connectivity index (χ0n) is 12.1. The van der Waals surface area contributed by atoms with Crippen molar-refractivity contribution >= 4 is 0 Å². The molecule has 4 heteroatoms. The first-order valence-corrected chi connectivity index (χ1v) is 6.59. The van der Waals surface area contributed by atoms with Crippen LogP contribution >= 0.6 is 0 Å². The fourth-order valence-electron chi connectivity index (χ4n) is 2.01. The maximum absolute atomic E-state index is 5.84. The van der Waals surface area contributed by atoms with Crippen molar-refractivity contribution in [2.24, 2.45) is 0 Å². The summed E-state index contributed by atoms with van der Waals surface area (Å²) >= 11 is 0. The number of pyridine rings is 1.